The number of hydrogen-bond donors (Lipinski definition) is 2. The van der Waals surface area contributed by atoms with E-state index in [1.165, 1.54) is 30.2 Å². The van der Waals surface area contributed by atoms with Crippen molar-refractivity contribution in [1.82, 2.24) is 10.3 Å². The van der Waals surface area contributed by atoms with Crippen molar-refractivity contribution in [3.8, 4) is 0 Å². The van der Waals surface area contributed by atoms with E-state index in [0.29, 0.717) is 0 Å². The lowest BCUT2D eigenvalue weighted by Crippen LogP contribution is -2.47. The Kier molecular flexibility index (Phi) is 4.23. The molecular formula is C19H26N2O. The second-order valence-electron chi connectivity index (χ2n) is 7.24. The zero-order valence-electron chi connectivity index (χ0n) is 13.6. The lowest BCUT2D eigenvalue weighted by Gasteiger charge is -2.30. The van der Waals surface area contributed by atoms with Gasteiger partial charge < -0.3 is 10.3 Å². The third-order valence-corrected chi connectivity index (χ3v) is 4.74. The predicted molar refractivity (Wildman–Crippen MR) is 90.8 cm³/mol. The molecule has 2 N–H and O–H groups in total. The molecule has 1 aromatic carbocycles. The summed E-state index contributed by atoms with van der Waals surface area (Å²) < 4.78 is 0. The molecule has 1 aromatic heterocycles. The van der Waals surface area contributed by atoms with Crippen LogP contribution in [0.1, 0.15) is 51.5 Å². The molecule has 3 rings (SSSR count). The van der Waals surface area contributed by atoms with Gasteiger partial charge in [0.1, 0.15) is 0 Å². The number of aromatic amines is 1. The van der Waals surface area contributed by atoms with Gasteiger partial charge in [-0.25, -0.2) is 0 Å². The Hall–Kier alpha value is -1.77. The number of aromatic nitrogens is 1. The van der Waals surface area contributed by atoms with Crippen molar-refractivity contribution in [3.63, 3.8) is 0 Å². The van der Waals surface area contributed by atoms with Gasteiger partial charge in [0.2, 0.25) is 5.91 Å². The Bertz CT molecular complexity index is 650. The third-order valence-electron chi connectivity index (χ3n) is 4.74. The van der Waals surface area contributed by atoms with Crippen LogP contribution in [-0.2, 0) is 11.2 Å². The van der Waals surface area contributed by atoms with E-state index in [2.05, 4.69) is 48.5 Å². The van der Waals surface area contributed by atoms with Gasteiger partial charge in [-0.05, 0) is 44.7 Å². The highest BCUT2D eigenvalue weighted by Crippen LogP contribution is 2.26. The standard InChI is InChI=1S/C19H26N2O/c1-19(2,21-18(22)14-8-4-3-5-9-14)12-15-13-20-17-11-7-6-10-16(15)17/h6-7,10-11,13-14,20H,3-5,8-9,12H2,1-2H3,(H,21,22). The van der Waals surface area contributed by atoms with Crippen molar-refractivity contribution in [2.45, 2.75) is 57.9 Å². The summed E-state index contributed by atoms with van der Waals surface area (Å²) in [6.45, 7) is 4.24. The molecule has 0 aliphatic heterocycles. The quantitative estimate of drug-likeness (QED) is 0.873. The maximum Gasteiger partial charge on any atom is 0.223 e. The Balaban J connectivity index is 1.68. The fourth-order valence-electron chi connectivity index (χ4n) is 3.60. The Labute approximate surface area is 132 Å². The van der Waals surface area contributed by atoms with Crippen LogP contribution in [0.25, 0.3) is 10.9 Å². The SMILES string of the molecule is CC(C)(Cc1c[nH]c2ccccc12)NC(=O)C1CCCCC1. The molecule has 1 aliphatic rings. The highest BCUT2D eigenvalue weighted by Gasteiger charge is 2.27. The van der Waals surface area contributed by atoms with Gasteiger partial charge in [0, 0.05) is 28.6 Å². The smallest absolute Gasteiger partial charge is 0.223 e. The van der Waals surface area contributed by atoms with E-state index in [-0.39, 0.29) is 17.4 Å². The van der Waals surface area contributed by atoms with Crippen LogP contribution in [0.5, 0.6) is 0 Å². The zero-order chi connectivity index (χ0) is 15.6. The van der Waals surface area contributed by atoms with Gasteiger partial charge in [-0.2, -0.15) is 0 Å². The number of nitrogens with one attached hydrogen (secondary N) is 2. The minimum absolute atomic E-state index is 0.219. The molecular weight excluding hydrogens is 272 g/mol. The van der Waals surface area contributed by atoms with Crippen LogP contribution in [0.4, 0.5) is 0 Å². The van der Waals surface area contributed by atoms with E-state index < -0.39 is 0 Å². The van der Waals surface area contributed by atoms with Crippen LogP contribution < -0.4 is 5.32 Å². The van der Waals surface area contributed by atoms with Gasteiger partial charge in [-0.3, -0.25) is 4.79 Å². The average Bonchev–Trinajstić information content (AvgIpc) is 2.90. The van der Waals surface area contributed by atoms with Gasteiger partial charge in [-0.1, -0.05) is 37.5 Å². The van der Waals surface area contributed by atoms with E-state index in [0.717, 1.165) is 24.8 Å². The molecule has 118 valence electrons. The number of fused-ring (bicyclic) bond motifs is 1. The van der Waals surface area contributed by atoms with Crippen molar-refractivity contribution in [1.29, 1.82) is 0 Å². The molecule has 1 amide bonds. The van der Waals surface area contributed by atoms with Crippen molar-refractivity contribution in [3.05, 3.63) is 36.0 Å². The Morgan fingerprint density at radius 2 is 1.95 bits per heavy atom. The number of hydrogen-bond acceptors (Lipinski definition) is 1. The number of rotatable bonds is 4. The Morgan fingerprint density at radius 1 is 1.23 bits per heavy atom. The topological polar surface area (TPSA) is 44.9 Å². The molecule has 1 aliphatic carbocycles. The van der Waals surface area contributed by atoms with Crippen molar-refractivity contribution >= 4 is 16.8 Å². The summed E-state index contributed by atoms with van der Waals surface area (Å²) in [6, 6.07) is 8.33. The van der Waals surface area contributed by atoms with E-state index in [9.17, 15) is 4.79 Å². The van der Waals surface area contributed by atoms with Crippen molar-refractivity contribution in [2.75, 3.05) is 0 Å². The van der Waals surface area contributed by atoms with Gasteiger partial charge in [-0.15, -0.1) is 0 Å². The summed E-state index contributed by atoms with van der Waals surface area (Å²) in [7, 11) is 0. The summed E-state index contributed by atoms with van der Waals surface area (Å²) in [5, 5.41) is 4.53. The van der Waals surface area contributed by atoms with Crippen LogP contribution in [-0.4, -0.2) is 16.4 Å². The minimum atomic E-state index is -0.223. The lowest BCUT2D eigenvalue weighted by atomic mass is 9.87. The summed E-state index contributed by atoms with van der Waals surface area (Å²) in [5.41, 5.74) is 2.20. The first-order valence-electron chi connectivity index (χ1n) is 8.42. The molecule has 1 heterocycles. The van der Waals surface area contributed by atoms with Gasteiger partial charge in [0.05, 0.1) is 0 Å². The monoisotopic (exact) mass is 298 g/mol. The molecule has 0 atom stereocenters. The van der Waals surface area contributed by atoms with E-state index in [1.54, 1.807) is 0 Å². The molecule has 3 nitrogen and oxygen atoms in total. The molecule has 0 saturated heterocycles. The maximum absolute atomic E-state index is 12.5. The molecule has 0 bridgehead atoms. The molecule has 1 saturated carbocycles. The molecule has 3 heteroatoms. The largest absolute Gasteiger partial charge is 0.361 e. The average molecular weight is 298 g/mol. The number of benzene rings is 1. The van der Waals surface area contributed by atoms with Gasteiger partial charge in [0.25, 0.3) is 0 Å². The van der Waals surface area contributed by atoms with Crippen LogP contribution in [0, 0.1) is 5.92 Å². The number of H-pyrrole nitrogens is 1. The fourth-order valence-corrected chi connectivity index (χ4v) is 3.60. The zero-order valence-corrected chi connectivity index (χ0v) is 13.6. The molecule has 0 spiro atoms. The van der Waals surface area contributed by atoms with Crippen LogP contribution >= 0.6 is 0 Å². The fraction of sp³-hybridized carbons (Fsp3) is 0.526. The number of para-hydroxylation sites is 1. The first-order chi connectivity index (χ1) is 10.6. The van der Waals surface area contributed by atoms with Gasteiger partial charge in [0.15, 0.2) is 0 Å². The third kappa shape index (κ3) is 3.34. The first-order valence-corrected chi connectivity index (χ1v) is 8.42. The summed E-state index contributed by atoms with van der Waals surface area (Å²) in [6.07, 6.45) is 8.68. The van der Waals surface area contributed by atoms with Crippen LogP contribution in [0.15, 0.2) is 30.5 Å². The normalized spacial score (nSPS) is 16.8. The molecule has 22 heavy (non-hydrogen) atoms. The molecule has 0 radical (unpaired) electrons. The Morgan fingerprint density at radius 3 is 2.73 bits per heavy atom. The summed E-state index contributed by atoms with van der Waals surface area (Å²) in [4.78, 5) is 15.8. The van der Waals surface area contributed by atoms with E-state index in [1.807, 2.05) is 6.07 Å². The number of carbonyl (C=O) groups excluding carboxylic acids is 1. The summed E-state index contributed by atoms with van der Waals surface area (Å²) >= 11 is 0. The van der Waals surface area contributed by atoms with E-state index in [4.69, 9.17) is 0 Å². The van der Waals surface area contributed by atoms with Gasteiger partial charge >= 0.3 is 0 Å². The predicted octanol–water partition coefficient (Wildman–Crippen LogP) is 4.19. The van der Waals surface area contributed by atoms with Crippen LogP contribution in [0.2, 0.25) is 0 Å². The molecule has 2 aromatic rings. The second kappa shape index (κ2) is 6.15. The highest BCUT2D eigenvalue weighted by atomic mass is 16.2. The van der Waals surface area contributed by atoms with E-state index >= 15 is 0 Å². The summed E-state index contributed by atoms with van der Waals surface area (Å²) in [5.74, 6) is 0.459. The maximum atomic E-state index is 12.5. The van der Waals surface area contributed by atoms with Crippen molar-refractivity contribution in [2.24, 2.45) is 5.92 Å². The molecule has 1 fully saturated rings. The number of amides is 1. The number of carbonyl (C=O) groups is 1. The lowest BCUT2D eigenvalue weighted by molar-refractivity contribution is -0.127. The van der Waals surface area contributed by atoms with Crippen LogP contribution in [0.3, 0.4) is 0 Å². The minimum Gasteiger partial charge on any atom is -0.361 e. The van der Waals surface area contributed by atoms with Crippen molar-refractivity contribution < 1.29 is 4.79 Å². The molecule has 0 unspecified atom stereocenters. The second-order valence-corrected chi connectivity index (χ2v) is 7.24. The highest BCUT2D eigenvalue weighted by molar-refractivity contribution is 5.83. The first kappa shape index (κ1) is 15.1.